The largest absolute Gasteiger partial charge is 0.394 e. The third-order valence-electron chi connectivity index (χ3n) is 5.39. The lowest BCUT2D eigenvalue weighted by Crippen LogP contribution is -3.02. The van der Waals surface area contributed by atoms with Crippen LogP contribution in [0.15, 0.2) is 0 Å². The van der Waals surface area contributed by atoms with Gasteiger partial charge in [0.1, 0.15) is 12.1 Å². The summed E-state index contributed by atoms with van der Waals surface area (Å²) in [5.41, 5.74) is 0. The van der Waals surface area contributed by atoms with Gasteiger partial charge in [0.25, 0.3) is 0 Å². The minimum Gasteiger partial charge on any atom is -0.394 e. The molecule has 3 fully saturated rings. The normalized spacial score (nSPS) is 51.8. The molecule has 6 unspecified atom stereocenters. The number of hydrogen-bond donors (Lipinski definition) is 2. The lowest BCUT2D eigenvalue weighted by Gasteiger charge is -2.45. The first-order valence-electron chi connectivity index (χ1n) is 7.38. The predicted molar refractivity (Wildman–Crippen MR) is 67.2 cm³/mol. The molecule has 0 aromatic heterocycles. The Labute approximate surface area is 109 Å². The van der Waals surface area contributed by atoms with Crippen molar-refractivity contribution in [2.45, 2.75) is 63.0 Å². The smallest absolute Gasteiger partial charge is 0.118 e. The third-order valence-corrected chi connectivity index (χ3v) is 5.39. The molecule has 3 N–H and O–H groups in total. The topological polar surface area (TPSA) is 55.3 Å². The number of hydrogen-bond acceptors (Lipinski definition) is 3. The Bertz CT molecular complexity index is 299. The molecule has 2 saturated heterocycles. The molecule has 4 nitrogen and oxygen atoms in total. The van der Waals surface area contributed by atoms with E-state index in [1.165, 1.54) is 19.3 Å². The van der Waals surface area contributed by atoms with Gasteiger partial charge >= 0.3 is 0 Å². The van der Waals surface area contributed by atoms with Crippen molar-refractivity contribution < 1.29 is 19.9 Å². The van der Waals surface area contributed by atoms with E-state index in [2.05, 4.69) is 12.2 Å². The molecule has 18 heavy (non-hydrogen) atoms. The van der Waals surface area contributed by atoms with E-state index < -0.39 is 0 Å². The van der Waals surface area contributed by atoms with Crippen molar-refractivity contribution in [3.05, 3.63) is 0 Å². The molecule has 0 amide bonds. The first kappa shape index (κ1) is 12.9. The minimum atomic E-state index is 0.0671. The SMILES string of the molecule is COC1CCCC2C1[NH2+]C(C)C1C[C@@H](CO)OC12. The summed E-state index contributed by atoms with van der Waals surface area (Å²) in [6, 6.07) is 1.14. The van der Waals surface area contributed by atoms with Crippen LogP contribution in [-0.2, 0) is 9.47 Å². The lowest BCUT2D eigenvalue weighted by molar-refractivity contribution is -0.751. The molecule has 0 spiro atoms. The summed E-state index contributed by atoms with van der Waals surface area (Å²) in [5, 5.41) is 11.8. The van der Waals surface area contributed by atoms with E-state index in [1.807, 2.05) is 7.11 Å². The fourth-order valence-corrected chi connectivity index (χ4v) is 4.50. The van der Waals surface area contributed by atoms with Crippen LogP contribution < -0.4 is 5.32 Å². The van der Waals surface area contributed by atoms with E-state index in [0.29, 0.717) is 36.1 Å². The number of rotatable bonds is 2. The second-order valence-corrected chi connectivity index (χ2v) is 6.30. The van der Waals surface area contributed by atoms with Gasteiger partial charge in [-0.05, 0) is 26.2 Å². The summed E-state index contributed by atoms with van der Waals surface area (Å²) in [6.07, 6.45) is 5.51. The van der Waals surface area contributed by atoms with E-state index in [4.69, 9.17) is 9.47 Å². The summed E-state index contributed by atoms with van der Waals surface area (Å²) in [4.78, 5) is 0. The zero-order chi connectivity index (χ0) is 12.7. The molecule has 2 heterocycles. The maximum Gasteiger partial charge on any atom is 0.118 e. The van der Waals surface area contributed by atoms with E-state index >= 15 is 0 Å². The molecule has 0 radical (unpaired) electrons. The highest BCUT2D eigenvalue weighted by atomic mass is 16.5. The second-order valence-electron chi connectivity index (χ2n) is 6.30. The predicted octanol–water partition coefficient (Wildman–Crippen LogP) is -0.0984. The van der Waals surface area contributed by atoms with Gasteiger partial charge in [-0.2, -0.15) is 0 Å². The highest BCUT2D eigenvalue weighted by Crippen LogP contribution is 2.41. The standard InChI is InChI=1S/C14H25NO3/c1-8-11-6-9(7-16)18-14(11)10-4-3-5-12(17-2)13(10)15-8/h8-16H,3-7H2,1-2H3/p+1/t8?,9-,10?,11?,12?,13?,14?/m0/s1. The number of methoxy groups -OCH3 is 1. The molecular formula is C14H26NO3+. The number of aliphatic hydroxyl groups is 1. The van der Waals surface area contributed by atoms with Gasteiger partial charge in [0, 0.05) is 18.9 Å². The van der Waals surface area contributed by atoms with Gasteiger partial charge in [0.2, 0.25) is 0 Å². The van der Waals surface area contributed by atoms with Crippen LogP contribution in [0.4, 0.5) is 0 Å². The summed E-state index contributed by atoms with van der Waals surface area (Å²) in [5.74, 6) is 1.22. The molecular weight excluding hydrogens is 230 g/mol. The van der Waals surface area contributed by atoms with Crippen LogP contribution >= 0.6 is 0 Å². The quantitative estimate of drug-likeness (QED) is 0.725. The average molecular weight is 256 g/mol. The Morgan fingerprint density at radius 3 is 2.89 bits per heavy atom. The molecule has 0 aromatic carbocycles. The average Bonchev–Trinajstić information content (AvgIpc) is 2.83. The van der Waals surface area contributed by atoms with Crippen molar-refractivity contribution in [1.82, 2.24) is 0 Å². The van der Waals surface area contributed by atoms with Crippen molar-refractivity contribution in [2.24, 2.45) is 11.8 Å². The van der Waals surface area contributed by atoms with Crippen LogP contribution in [0.3, 0.4) is 0 Å². The third kappa shape index (κ3) is 1.99. The first-order valence-corrected chi connectivity index (χ1v) is 7.38. The van der Waals surface area contributed by atoms with Gasteiger partial charge in [-0.25, -0.2) is 0 Å². The Morgan fingerprint density at radius 1 is 1.33 bits per heavy atom. The molecule has 4 heteroatoms. The van der Waals surface area contributed by atoms with Crippen molar-refractivity contribution in [1.29, 1.82) is 0 Å². The molecule has 1 saturated carbocycles. The molecule has 2 aliphatic heterocycles. The molecule has 104 valence electrons. The van der Waals surface area contributed by atoms with Crippen LogP contribution in [0, 0.1) is 11.8 Å². The second kappa shape index (κ2) is 5.08. The van der Waals surface area contributed by atoms with Crippen LogP contribution in [0.25, 0.3) is 0 Å². The van der Waals surface area contributed by atoms with Gasteiger partial charge in [-0.1, -0.05) is 6.42 Å². The summed E-state index contributed by atoms with van der Waals surface area (Å²) < 4.78 is 11.8. The molecule has 1 aliphatic carbocycles. The first-order chi connectivity index (χ1) is 8.74. The minimum absolute atomic E-state index is 0.0671. The number of ether oxygens (including phenoxy) is 2. The number of aliphatic hydroxyl groups excluding tert-OH is 1. The Hall–Kier alpha value is -0.160. The number of nitrogens with two attached hydrogens (primary N) is 1. The van der Waals surface area contributed by atoms with E-state index in [0.717, 1.165) is 6.42 Å². The number of fused-ring (bicyclic) bond motifs is 3. The Morgan fingerprint density at radius 2 is 2.17 bits per heavy atom. The van der Waals surface area contributed by atoms with Crippen LogP contribution in [0.2, 0.25) is 0 Å². The number of quaternary nitrogens is 1. The summed E-state index contributed by atoms with van der Waals surface area (Å²) in [7, 11) is 1.84. The van der Waals surface area contributed by atoms with Gasteiger partial charge in [-0.15, -0.1) is 0 Å². The van der Waals surface area contributed by atoms with Gasteiger partial charge in [0.05, 0.1) is 24.9 Å². The molecule has 3 aliphatic rings. The monoisotopic (exact) mass is 256 g/mol. The van der Waals surface area contributed by atoms with E-state index in [9.17, 15) is 5.11 Å². The Kier molecular flexibility index (Phi) is 3.63. The van der Waals surface area contributed by atoms with Gasteiger partial charge in [-0.3, -0.25) is 0 Å². The highest BCUT2D eigenvalue weighted by Gasteiger charge is 2.54. The summed E-state index contributed by atoms with van der Waals surface area (Å²) in [6.45, 7) is 2.48. The maximum atomic E-state index is 9.33. The van der Waals surface area contributed by atoms with E-state index in [1.54, 1.807) is 0 Å². The van der Waals surface area contributed by atoms with Gasteiger partial charge in [0.15, 0.2) is 0 Å². The molecule has 0 bridgehead atoms. The fourth-order valence-electron chi connectivity index (χ4n) is 4.50. The zero-order valence-electron chi connectivity index (χ0n) is 11.4. The van der Waals surface area contributed by atoms with Crippen LogP contribution in [-0.4, -0.2) is 49.2 Å². The highest BCUT2D eigenvalue weighted by molar-refractivity contribution is 4.98. The molecule has 0 aromatic rings. The zero-order valence-corrected chi connectivity index (χ0v) is 11.4. The van der Waals surface area contributed by atoms with Gasteiger partial charge < -0.3 is 19.9 Å². The summed E-state index contributed by atoms with van der Waals surface area (Å²) >= 11 is 0. The fraction of sp³-hybridized carbons (Fsp3) is 1.00. The van der Waals surface area contributed by atoms with Crippen molar-refractivity contribution in [2.75, 3.05) is 13.7 Å². The van der Waals surface area contributed by atoms with Crippen LogP contribution in [0.1, 0.15) is 32.6 Å². The van der Waals surface area contributed by atoms with Crippen molar-refractivity contribution >= 4 is 0 Å². The number of piperidine rings is 1. The molecule has 3 rings (SSSR count). The van der Waals surface area contributed by atoms with Crippen molar-refractivity contribution in [3.63, 3.8) is 0 Å². The van der Waals surface area contributed by atoms with E-state index in [-0.39, 0.29) is 12.7 Å². The lowest BCUT2D eigenvalue weighted by atomic mass is 9.70. The molecule has 7 atom stereocenters. The Balaban J connectivity index is 1.79. The van der Waals surface area contributed by atoms with Crippen LogP contribution in [0.5, 0.6) is 0 Å². The maximum absolute atomic E-state index is 9.33. The van der Waals surface area contributed by atoms with Crippen molar-refractivity contribution in [3.8, 4) is 0 Å².